The molecule has 2 aliphatic rings. The molecule has 3 heterocycles. The normalized spacial score (nSPS) is 20.2. The summed E-state index contributed by atoms with van der Waals surface area (Å²) in [7, 11) is 0. The molecule has 0 radical (unpaired) electrons. The van der Waals surface area contributed by atoms with E-state index in [2.05, 4.69) is 9.80 Å². The summed E-state index contributed by atoms with van der Waals surface area (Å²) in [5.74, 6) is 1.65. The van der Waals surface area contributed by atoms with Gasteiger partial charge in [-0.2, -0.15) is 0 Å². The molecule has 1 N–H and O–H groups in total. The Morgan fingerprint density at radius 2 is 1.93 bits per heavy atom. The number of halogens is 1. The van der Waals surface area contributed by atoms with Crippen LogP contribution in [-0.2, 0) is 0 Å². The molecular formula is C21H21ClN4O. The van der Waals surface area contributed by atoms with Crippen LogP contribution in [0.5, 0.6) is 5.75 Å². The van der Waals surface area contributed by atoms with Crippen LogP contribution >= 0.6 is 11.6 Å². The summed E-state index contributed by atoms with van der Waals surface area (Å²) in [6.45, 7) is 4.21. The molecule has 27 heavy (non-hydrogen) atoms. The molecular weight excluding hydrogens is 360 g/mol. The van der Waals surface area contributed by atoms with Crippen molar-refractivity contribution in [2.45, 2.75) is 18.9 Å². The Kier molecular flexibility index (Phi) is 4.14. The highest BCUT2D eigenvalue weighted by atomic mass is 35.5. The third kappa shape index (κ3) is 3.01. The van der Waals surface area contributed by atoms with Crippen molar-refractivity contribution >= 4 is 28.3 Å². The van der Waals surface area contributed by atoms with Crippen molar-refractivity contribution in [1.29, 1.82) is 0 Å². The predicted octanol–water partition coefficient (Wildman–Crippen LogP) is 3.94. The molecule has 1 unspecified atom stereocenters. The third-order valence-corrected chi connectivity index (χ3v) is 5.91. The largest absolute Gasteiger partial charge is 0.507 e. The maximum atomic E-state index is 10.3. The lowest BCUT2D eigenvalue weighted by Crippen LogP contribution is -2.50. The van der Waals surface area contributed by atoms with Crippen molar-refractivity contribution in [2.75, 3.05) is 31.1 Å². The van der Waals surface area contributed by atoms with Gasteiger partial charge in [0.15, 0.2) is 5.82 Å². The van der Waals surface area contributed by atoms with Gasteiger partial charge in [-0.1, -0.05) is 23.7 Å². The van der Waals surface area contributed by atoms with E-state index in [1.54, 1.807) is 12.1 Å². The van der Waals surface area contributed by atoms with Crippen molar-refractivity contribution in [2.24, 2.45) is 0 Å². The summed E-state index contributed by atoms with van der Waals surface area (Å²) in [5, 5.41) is 11.9. The minimum atomic E-state index is 0.186. The molecule has 2 fully saturated rings. The lowest BCUT2D eigenvalue weighted by Gasteiger charge is -2.38. The highest BCUT2D eigenvalue weighted by Crippen LogP contribution is 2.34. The van der Waals surface area contributed by atoms with E-state index in [0.717, 1.165) is 36.4 Å². The number of hydrogen-bond acceptors (Lipinski definition) is 5. The summed E-state index contributed by atoms with van der Waals surface area (Å²) in [6.07, 6.45) is 2.53. The molecule has 1 atom stereocenters. The monoisotopic (exact) mass is 380 g/mol. The number of anilines is 1. The molecule has 0 spiro atoms. The van der Waals surface area contributed by atoms with E-state index < -0.39 is 0 Å². The van der Waals surface area contributed by atoms with Crippen LogP contribution in [0.2, 0.25) is 5.02 Å². The van der Waals surface area contributed by atoms with Gasteiger partial charge in [0.2, 0.25) is 0 Å². The molecule has 2 aromatic carbocycles. The highest BCUT2D eigenvalue weighted by molar-refractivity contribution is 6.31. The summed E-state index contributed by atoms with van der Waals surface area (Å²) in [6, 6.07) is 13.6. The van der Waals surface area contributed by atoms with Gasteiger partial charge in [0.1, 0.15) is 11.6 Å². The summed E-state index contributed by atoms with van der Waals surface area (Å²) >= 11 is 6.23. The van der Waals surface area contributed by atoms with Crippen LogP contribution in [0.4, 0.5) is 5.82 Å². The van der Waals surface area contributed by atoms with Gasteiger partial charge >= 0.3 is 0 Å². The summed E-state index contributed by atoms with van der Waals surface area (Å²) < 4.78 is 0. The highest BCUT2D eigenvalue weighted by Gasteiger charge is 2.32. The Morgan fingerprint density at radius 1 is 1.04 bits per heavy atom. The Hall–Kier alpha value is -2.37. The fourth-order valence-corrected chi connectivity index (χ4v) is 4.46. The molecule has 1 aromatic heterocycles. The maximum Gasteiger partial charge on any atom is 0.165 e. The van der Waals surface area contributed by atoms with Crippen LogP contribution < -0.4 is 4.90 Å². The van der Waals surface area contributed by atoms with E-state index in [-0.39, 0.29) is 5.75 Å². The van der Waals surface area contributed by atoms with E-state index >= 15 is 0 Å². The van der Waals surface area contributed by atoms with Gasteiger partial charge in [0, 0.05) is 36.1 Å². The molecule has 2 aliphatic heterocycles. The number of rotatable bonds is 2. The van der Waals surface area contributed by atoms with Crippen LogP contribution in [0, 0.1) is 0 Å². The molecule has 5 nitrogen and oxygen atoms in total. The number of hydrogen-bond donors (Lipinski definition) is 1. The number of phenols is 1. The van der Waals surface area contributed by atoms with Crippen LogP contribution in [0.1, 0.15) is 12.8 Å². The van der Waals surface area contributed by atoms with E-state index in [0.29, 0.717) is 22.5 Å². The van der Waals surface area contributed by atoms with Gasteiger partial charge in [-0.05, 0) is 49.7 Å². The lowest BCUT2D eigenvalue weighted by atomic mass is 10.1. The predicted molar refractivity (Wildman–Crippen MR) is 108 cm³/mol. The molecule has 2 saturated heterocycles. The van der Waals surface area contributed by atoms with Crippen molar-refractivity contribution in [3.63, 3.8) is 0 Å². The van der Waals surface area contributed by atoms with Gasteiger partial charge in [-0.15, -0.1) is 0 Å². The minimum absolute atomic E-state index is 0.186. The standard InChI is InChI=1S/C21H21ClN4O/c22-14-7-8-16-18(12-14)23-20(17-5-1-2-6-19(17)27)24-21(16)26-11-10-25-9-3-4-15(25)13-26/h1-2,5-8,12,15,27H,3-4,9-11,13H2. The second kappa shape index (κ2) is 6.66. The average molecular weight is 381 g/mol. The van der Waals surface area contributed by atoms with Crippen molar-refractivity contribution < 1.29 is 5.11 Å². The first-order valence-corrected chi connectivity index (χ1v) is 9.81. The molecule has 138 valence electrons. The Morgan fingerprint density at radius 3 is 2.81 bits per heavy atom. The zero-order valence-corrected chi connectivity index (χ0v) is 15.7. The van der Waals surface area contributed by atoms with Gasteiger partial charge < -0.3 is 10.0 Å². The Balaban J connectivity index is 1.65. The first-order chi connectivity index (χ1) is 13.2. The fraction of sp³-hybridized carbons (Fsp3) is 0.333. The molecule has 3 aromatic rings. The quantitative estimate of drug-likeness (QED) is 0.729. The van der Waals surface area contributed by atoms with E-state index in [4.69, 9.17) is 21.6 Å². The number of phenolic OH excluding ortho intramolecular Hbond substituents is 1. The smallest absolute Gasteiger partial charge is 0.165 e. The minimum Gasteiger partial charge on any atom is -0.507 e. The number of benzene rings is 2. The van der Waals surface area contributed by atoms with E-state index in [1.807, 2.05) is 30.3 Å². The van der Waals surface area contributed by atoms with Gasteiger partial charge in [0.25, 0.3) is 0 Å². The third-order valence-electron chi connectivity index (χ3n) is 5.67. The van der Waals surface area contributed by atoms with E-state index in [1.165, 1.54) is 19.4 Å². The number of piperazine rings is 1. The second-order valence-electron chi connectivity index (χ2n) is 7.33. The van der Waals surface area contributed by atoms with Crippen molar-refractivity contribution in [3.05, 3.63) is 47.5 Å². The first-order valence-electron chi connectivity index (χ1n) is 9.44. The molecule has 0 saturated carbocycles. The first kappa shape index (κ1) is 16.8. The van der Waals surface area contributed by atoms with Gasteiger partial charge in [-0.3, -0.25) is 4.90 Å². The number of aromatic hydroxyl groups is 1. The number of nitrogens with zero attached hydrogens (tertiary/aromatic N) is 4. The van der Waals surface area contributed by atoms with Crippen LogP contribution in [0.3, 0.4) is 0 Å². The Labute approximate surface area is 163 Å². The van der Waals surface area contributed by atoms with Crippen molar-refractivity contribution in [3.8, 4) is 17.1 Å². The van der Waals surface area contributed by atoms with Crippen LogP contribution in [0.25, 0.3) is 22.3 Å². The topological polar surface area (TPSA) is 52.5 Å². The molecule has 0 aliphatic carbocycles. The van der Waals surface area contributed by atoms with Crippen LogP contribution in [0.15, 0.2) is 42.5 Å². The van der Waals surface area contributed by atoms with E-state index in [9.17, 15) is 5.11 Å². The lowest BCUT2D eigenvalue weighted by molar-refractivity contribution is 0.230. The van der Waals surface area contributed by atoms with Crippen LogP contribution in [-0.4, -0.2) is 52.2 Å². The second-order valence-corrected chi connectivity index (χ2v) is 7.76. The van der Waals surface area contributed by atoms with Gasteiger partial charge in [-0.25, -0.2) is 9.97 Å². The molecule has 6 heteroatoms. The molecule has 5 rings (SSSR count). The zero-order valence-electron chi connectivity index (χ0n) is 15.0. The Bertz CT molecular complexity index is 1010. The van der Waals surface area contributed by atoms with Gasteiger partial charge in [0.05, 0.1) is 11.1 Å². The number of para-hydroxylation sites is 1. The number of fused-ring (bicyclic) bond motifs is 2. The maximum absolute atomic E-state index is 10.3. The SMILES string of the molecule is Oc1ccccc1-c1nc(N2CCN3CCCC3C2)c2ccc(Cl)cc2n1. The zero-order chi connectivity index (χ0) is 18.4. The average Bonchev–Trinajstić information content (AvgIpc) is 3.15. The fourth-order valence-electron chi connectivity index (χ4n) is 4.29. The summed E-state index contributed by atoms with van der Waals surface area (Å²) in [4.78, 5) is 14.5. The summed E-state index contributed by atoms with van der Waals surface area (Å²) in [5.41, 5.74) is 1.44. The van der Waals surface area contributed by atoms with Crippen molar-refractivity contribution in [1.82, 2.24) is 14.9 Å². The number of aromatic nitrogens is 2. The molecule has 0 amide bonds. The molecule has 0 bridgehead atoms.